The molecule has 1 aromatic carbocycles. The first-order valence-electron chi connectivity index (χ1n) is 7.14. The minimum Gasteiger partial charge on any atom is -0.325 e. The van der Waals surface area contributed by atoms with Gasteiger partial charge in [-0.25, -0.2) is 0 Å². The summed E-state index contributed by atoms with van der Waals surface area (Å²) in [6.07, 6.45) is 2.44. The average Bonchev–Trinajstić information content (AvgIpc) is 3.03. The monoisotopic (exact) mass is 293 g/mol. The van der Waals surface area contributed by atoms with E-state index < -0.39 is 0 Å². The second-order valence-electron chi connectivity index (χ2n) is 5.94. The molecule has 5 heteroatoms. The number of halogens is 1. The molecule has 108 valence electrons. The van der Waals surface area contributed by atoms with Crippen LogP contribution in [0.15, 0.2) is 24.3 Å². The first-order chi connectivity index (χ1) is 9.65. The SMILES string of the molecule is O=C(CN1CCC2(CCNC2)C1)Nc1ccc(Cl)cc1. The lowest BCUT2D eigenvalue weighted by atomic mass is 9.87. The van der Waals surface area contributed by atoms with Crippen molar-refractivity contribution in [1.82, 2.24) is 10.2 Å². The van der Waals surface area contributed by atoms with Crippen LogP contribution >= 0.6 is 11.6 Å². The predicted octanol–water partition coefficient (Wildman–Crippen LogP) is 1.96. The van der Waals surface area contributed by atoms with E-state index in [2.05, 4.69) is 15.5 Å². The lowest BCUT2D eigenvalue weighted by Gasteiger charge is -2.22. The fourth-order valence-corrected chi connectivity index (χ4v) is 3.37. The van der Waals surface area contributed by atoms with Crippen LogP contribution < -0.4 is 10.6 Å². The van der Waals surface area contributed by atoms with Gasteiger partial charge in [-0.05, 0) is 55.6 Å². The number of hydrogen-bond donors (Lipinski definition) is 2. The molecule has 2 fully saturated rings. The molecule has 2 saturated heterocycles. The highest BCUT2D eigenvalue weighted by atomic mass is 35.5. The van der Waals surface area contributed by atoms with Gasteiger partial charge in [0.2, 0.25) is 5.91 Å². The molecule has 2 N–H and O–H groups in total. The van der Waals surface area contributed by atoms with Crippen LogP contribution in [0.2, 0.25) is 5.02 Å². The third-order valence-electron chi connectivity index (χ3n) is 4.34. The molecular weight excluding hydrogens is 274 g/mol. The maximum absolute atomic E-state index is 12.1. The Kier molecular flexibility index (Phi) is 3.96. The highest BCUT2D eigenvalue weighted by Gasteiger charge is 2.40. The summed E-state index contributed by atoms with van der Waals surface area (Å²) >= 11 is 5.83. The highest BCUT2D eigenvalue weighted by molar-refractivity contribution is 6.30. The third-order valence-corrected chi connectivity index (χ3v) is 4.60. The standard InChI is InChI=1S/C15H20ClN3O/c16-12-1-3-13(4-2-12)18-14(20)9-19-8-6-15(11-19)5-7-17-10-15/h1-4,17H,5-11H2,(H,18,20). The smallest absolute Gasteiger partial charge is 0.238 e. The molecule has 4 nitrogen and oxygen atoms in total. The number of likely N-dealkylation sites (tertiary alicyclic amines) is 1. The Bertz CT molecular complexity index is 482. The first kappa shape index (κ1) is 13.9. The fourth-order valence-electron chi connectivity index (χ4n) is 3.24. The molecule has 1 amide bonds. The van der Waals surface area contributed by atoms with Gasteiger partial charge in [0.25, 0.3) is 0 Å². The van der Waals surface area contributed by atoms with Crippen molar-refractivity contribution in [2.24, 2.45) is 5.41 Å². The summed E-state index contributed by atoms with van der Waals surface area (Å²) in [7, 11) is 0. The van der Waals surface area contributed by atoms with Crippen molar-refractivity contribution in [3.05, 3.63) is 29.3 Å². The molecule has 20 heavy (non-hydrogen) atoms. The van der Waals surface area contributed by atoms with E-state index in [1.807, 2.05) is 12.1 Å². The number of amides is 1. The maximum atomic E-state index is 12.1. The Balaban J connectivity index is 1.51. The van der Waals surface area contributed by atoms with Crippen LogP contribution in [0.3, 0.4) is 0 Å². The van der Waals surface area contributed by atoms with Crippen LogP contribution in [0.4, 0.5) is 5.69 Å². The van der Waals surface area contributed by atoms with Crippen molar-refractivity contribution in [2.45, 2.75) is 12.8 Å². The van der Waals surface area contributed by atoms with Crippen LogP contribution in [-0.2, 0) is 4.79 Å². The molecule has 1 atom stereocenters. The minimum atomic E-state index is 0.0512. The van der Waals surface area contributed by atoms with Crippen LogP contribution in [0, 0.1) is 5.41 Å². The van der Waals surface area contributed by atoms with Gasteiger partial charge in [-0.2, -0.15) is 0 Å². The third kappa shape index (κ3) is 3.14. The summed E-state index contributed by atoms with van der Waals surface area (Å²) in [4.78, 5) is 14.3. The van der Waals surface area contributed by atoms with Gasteiger partial charge < -0.3 is 10.6 Å². The number of nitrogens with one attached hydrogen (secondary N) is 2. The molecule has 1 aromatic rings. The second-order valence-corrected chi connectivity index (χ2v) is 6.38. The lowest BCUT2D eigenvalue weighted by Crippen LogP contribution is -2.34. The van der Waals surface area contributed by atoms with Crippen molar-refractivity contribution < 1.29 is 4.79 Å². The van der Waals surface area contributed by atoms with E-state index in [9.17, 15) is 4.79 Å². The molecule has 1 unspecified atom stereocenters. The summed E-state index contributed by atoms with van der Waals surface area (Å²) < 4.78 is 0. The van der Waals surface area contributed by atoms with Gasteiger partial charge >= 0.3 is 0 Å². The summed E-state index contributed by atoms with van der Waals surface area (Å²) in [6, 6.07) is 7.22. The van der Waals surface area contributed by atoms with E-state index in [-0.39, 0.29) is 5.91 Å². The second kappa shape index (κ2) is 5.72. The van der Waals surface area contributed by atoms with E-state index in [0.29, 0.717) is 17.0 Å². The van der Waals surface area contributed by atoms with Gasteiger partial charge in [-0.15, -0.1) is 0 Å². The van der Waals surface area contributed by atoms with Crippen molar-refractivity contribution in [1.29, 1.82) is 0 Å². The van der Waals surface area contributed by atoms with Crippen LogP contribution in [-0.4, -0.2) is 43.5 Å². The zero-order valence-corrected chi connectivity index (χ0v) is 12.2. The maximum Gasteiger partial charge on any atom is 0.238 e. The van der Waals surface area contributed by atoms with Crippen molar-refractivity contribution in [2.75, 3.05) is 38.0 Å². The Morgan fingerprint density at radius 3 is 2.85 bits per heavy atom. The number of benzene rings is 1. The zero-order chi connectivity index (χ0) is 14.0. The van der Waals surface area contributed by atoms with E-state index in [0.717, 1.165) is 31.9 Å². The largest absolute Gasteiger partial charge is 0.325 e. The minimum absolute atomic E-state index is 0.0512. The number of carbonyl (C=O) groups excluding carboxylic acids is 1. The molecule has 3 rings (SSSR count). The van der Waals surface area contributed by atoms with Crippen LogP contribution in [0.25, 0.3) is 0 Å². The summed E-state index contributed by atoms with van der Waals surface area (Å²) in [6.45, 7) is 4.75. The Morgan fingerprint density at radius 2 is 2.15 bits per heavy atom. The lowest BCUT2D eigenvalue weighted by molar-refractivity contribution is -0.117. The summed E-state index contributed by atoms with van der Waals surface area (Å²) in [5.41, 5.74) is 1.22. The van der Waals surface area contributed by atoms with Crippen LogP contribution in [0.5, 0.6) is 0 Å². The van der Waals surface area contributed by atoms with Crippen molar-refractivity contribution >= 4 is 23.2 Å². The highest BCUT2D eigenvalue weighted by Crippen LogP contribution is 2.35. The number of carbonyl (C=O) groups is 1. The van der Waals surface area contributed by atoms with E-state index in [1.165, 1.54) is 12.8 Å². The van der Waals surface area contributed by atoms with E-state index in [1.54, 1.807) is 12.1 Å². The van der Waals surface area contributed by atoms with Gasteiger partial charge in [0, 0.05) is 23.8 Å². The molecule has 0 aliphatic carbocycles. The summed E-state index contributed by atoms with van der Waals surface area (Å²) in [5.74, 6) is 0.0512. The molecule has 0 aromatic heterocycles. The first-order valence-corrected chi connectivity index (χ1v) is 7.52. The van der Waals surface area contributed by atoms with Gasteiger partial charge in [0.05, 0.1) is 6.54 Å². The molecule has 0 radical (unpaired) electrons. The van der Waals surface area contributed by atoms with Crippen molar-refractivity contribution in [3.63, 3.8) is 0 Å². The Hall–Kier alpha value is -1.10. The average molecular weight is 294 g/mol. The molecular formula is C15H20ClN3O. The molecule has 2 heterocycles. The topological polar surface area (TPSA) is 44.4 Å². The fraction of sp³-hybridized carbons (Fsp3) is 0.533. The van der Waals surface area contributed by atoms with Gasteiger partial charge in [-0.3, -0.25) is 9.69 Å². The number of anilines is 1. The molecule has 1 spiro atoms. The van der Waals surface area contributed by atoms with Crippen LogP contribution in [0.1, 0.15) is 12.8 Å². The van der Waals surface area contributed by atoms with E-state index in [4.69, 9.17) is 11.6 Å². The number of rotatable bonds is 3. The Labute approximate surface area is 124 Å². The van der Waals surface area contributed by atoms with Gasteiger partial charge in [0.1, 0.15) is 0 Å². The number of hydrogen-bond acceptors (Lipinski definition) is 3. The number of nitrogens with zero attached hydrogens (tertiary/aromatic N) is 1. The molecule has 0 saturated carbocycles. The Morgan fingerprint density at radius 1 is 1.35 bits per heavy atom. The van der Waals surface area contributed by atoms with Gasteiger partial charge in [-0.1, -0.05) is 11.6 Å². The summed E-state index contributed by atoms with van der Waals surface area (Å²) in [5, 5.41) is 7.03. The predicted molar refractivity (Wildman–Crippen MR) is 81.1 cm³/mol. The quantitative estimate of drug-likeness (QED) is 0.895. The van der Waals surface area contributed by atoms with E-state index >= 15 is 0 Å². The van der Waals surface area contributed by atoms with Gasteiger partial charge in [0.15, 0.2) is 0 Å². The molecule has 2 aliphatic heterocycles. The van der Waals surface area contributed by atoms with Crippen molar-refractivity contribution in [3.8, 4) is 0 Å². The molecule has 0 bridgehead atoms. The normalized spacial score (nSPS) is 26.2. The zero-order valence-electron chi connectivity index (χ0n) is 11.5. The molecule has 2 aliphatic rings.